The van der Waals surface area contributed by atoms with E-state index in [9.17, 15) is 0 Å². The highest BCUT2D eigenvalue weighted by molar-refractivity contribution is 14.1. The van der Waals surface area contributed by atoms with Crippen LogP contribution in [0.1, 0.15) is 11.1 Å². The predicted molar refractivity (Wildman–Crippen MR) is 67.5 cm³/mol. The first-order valence-electron chi connectivity index (χ1n) is 4.23. The summed E-state index contributed by atoms with van der Waals surface area (Å²) in [4.78, 5) is 4.35. The van der Waals surface area contributed by atoms with E-state index in [1.165, 1.54) is 22.7 Å². The van der Waals surface area contributed by atoms with Gasteiger partial charge in [0.2, 0.25) is 3.83 Å². The molecule has 1 heterocycles. The number of halogens is 1. The monoisotopic (exact) mass is 316 g/mol. The number of benzene rings is 1. The van der Waals surface area contributed by atoms with Gasteiger partial charge in [0.1, 0.15) is 5.01 Å². The Balaban J connectivity index is 2.47. The first-order chi connectivity index (χ1) is 6.66. The van der Waals surface area contributed by atoms with Gasteiger partial charge in [-0.25, -0.2) is 4.98 Å². The lowest BCUT2D eigenvalue weighted by atomic mass is 10.1. The van der Waals surface area contributed by atoms with Crippen LogP contribution in [0.25, 0.3) is 10.6 Å². The molecule has 14 heavy (non-hydrogen) atoms. The lowest BCUT2D eigenvalue weighted by molar-refractivity contribution is 1.25. The normalized spacial score (nSPS) is 10.5. The minimum absolute atomic E-state index is 0.820. The molecule has 1 aromatic carbocycles. The van der Waals surface area contributed by atoms with Crippen LogP contribution in [0.3, 0.4) is 0 Å². The molecule has 2 aromatic rings. The van der Waals surface area contributed by atoms with Crippen molar-refractivity contribution in [2.24, 2.45) is 0 Å². The van der Waals surface area contributed by atoms with E-state index in [0.29, 0.717) is 0 Å². The van der Waals surface area contributed by atoms with Gasteiger partial charge in [-0.15, -0.1) is 0 Å². The lowest BCUT2D eigenvalue weighted by Crippen LogP contribution is -1.82. The molecule has 0 atom stereocenters. The first-order valence-corrected chi connectivity index (χ1v) is 6.09. The van der Waals surface area contributed by atoms with Crippen LogP contribution in [0, 0.1) is 17.7 Å². The summed E-state index contributed by atoms with van der Waals surface area (Å²) in [6.45, 7) is 4.23. The van der Waals surface area contributed by atoms with E-state index in [1.54, 1.807) is 0 Å². The third-order valence-electron chi connectivity index (χ3n) is 2.16. The molecule has 0 fully saturated rings. The van der Waals surface area contributed by atoms with Crippen molar-refractivity contribution in [2.75, 3.05) is 0 Å². The van der Waals surface area contributed by atoms with Crippen LogP contribution in [0.5, 0.6) is 0 Å². The number of nitrogens with zero attached hydrogens (tertiary/aromatic N) is 2. The van der Waals surface area contributed by atoms with Crippen LogP contribution in [0.2, 0.25) is 0 Å². The number of hydrogen-bond acceptors (Lipinski definition) is 3. The van der Waals surface area contributed by atoms with Crippen molar-refractivity contribution in [3.05, 3.63) is 33.2 Å². The molecule has 0 saturated carbocycles. The van der Waals surface area contributed by atoms with Gasteiger partial charge in [-0.05, 0) is 42.6 Å². The van der Waals surface area contributed by atoms with E-state index in [4.69, 9.17) is 0 Å². The van der Waals surface area contributed by atoms with Gasteiger partial charge in [0, 0.05) is 28.2 Å². The summed E-state index contributed by atoms with van der Waals surface area (Å²) in [5.41, 5.74) is 3.77. The summed E-state index contributed by atoms with van der Waals surface area (Å²) in [7, 11) is 0. The summed E-state index contributed by atoms with van der Waals surface area (Å²) < 4.78 is 4.98. The first kappa shape index (κ1) is 10.0. The summed E-state index contributed by atoms with van der Waals surface area (Å²) >= 11 is 3.58. The van der Waals surface area contributed by atoms with E-state index < -0.39 is 0 Å². The molecule has 0 saturated heterocycles. The van der Waals surface area contributed by atoms with Crippen LogP contribution in [0.4, 0.5) is 0 Å². The Morgan fingerprint density at radius 1 is 1.21 bits per heavy atom. The molecule has 0 amide bonds. The predicted octanol–water partition coefficient (Wildman–Crippen LogP) is 3.43. The molecule has 2 nitrogen and oxygen atoms in total. The molecule has 0 spiro atoms. The van der Waals surface area contributed by atoms with E-state index in [0.717, 1.165) is 14.4 Å². The van der Waals surface area contributed by atoms with E-state index >= 15 is 0 Å². The second kappa shape index (κ2) is 3.94. The third-order valence-corrected chi connectivity index (χ3v) is 3.73. The Labute approximate surface area is 101 Å². The SMILES string of the molecule is Cc1ccc(-c2nc(I)ns2)cc1C. The highest BCUT2D eigenvalue weighted by atomic mass is 127. The van der Waals surface area contributed by atoms with Crippen molar-refractivity contribution in [1.82, 2.24) is 9.36 Å². The smallest absolute Gasteiger partial charge is 0.203 e. The third kappa shape index (κ3) is 1.95. The molecular formula is C10H9IN2S. The van der Waals surface area contributed by atoms with Crippen LogP contribution in [0.15, 0.2) is 18.2 Å². The molecule has 0 bridgehead atoms. The molecular weight excluding hydrogens is 307 g/mol. The second-order valence-electron chi connectivity index (χ2n) is 3.17. The lowest BCUT2D eigenvalue weighted by Gasteiger charge is -2.01. The maximum atomic E-state index is 4.35. The standard InChI is InChI=1S/C10H9IN2S/c1-6-3-4-8(5-7(6)2)9-12-10(11)13-14-9/h3-5H,1-2H3. The maximum Gasteiger partial charge on any atom is 0.203 e. The average molecular weight is 316 g/mol. The van der Waals surface area contributed by atoms with Crippen LogP contribution in [-0.4, -0.2) is 9.36 Å². The van der Waals surface area contributed by atoms with Gasteiger partial charge < -0.3 is 0 Å². The summed E-state index contributed by atoms with van der Waals surface area (Å²) in [6, 6.07) is 6.38. The van der Waals surface area contributed by atoms with Crippen LogP contribution in [-0.2, 0) is 0 Å². The molecule has 1 aromatic heterocycles. The number of rotatable bonds is 1. The maximum absolute atomic E-state index is 4.35. The van der Waals surface area contributed by atoms with Gasteiger partial charge in [-0.3, -0.25) is 0 Å². The minimum atomic E-state index is 0.820. The molecule has 0 aliphatic rings. The average Bonchev–Trinajstić information content (AvgIpc) is 2.57. The Bertz CT molecular complexity index is 465. The van der Waals surface area contributed by atoms with Gasteiger partial charge in [-0.2, -0.15) is 4.37 Å². The molecule has 0 aliphatic carbocycles. The molecule has 72 valence electrons. The fourth-order valence-electron chi connectivity index (χ4n) is 1.20. The van der Waals surface area contributed by atoms with Crippen molar-refractivity contribution in [2.45, 2.75) is 13.8 Å². The number of aryl methyl sites for hydroxylation is 2. The number of aromatic nitrogens is 2. The fourth-order valence-corrected chi connectivity index (χ4v) is 2.46. The zero-order chi connectivity index (χ0) is 10.1. The summed E-state index contributed by atoms with van der Waals surface area (Å²) in [6.07, 6.45) is 0. The molecule has 2 rings (SSSR count). The zero-order valence-electron chi connectivity index (χ0n) is 7.91. The largest absolute Gasteiger partial charge is 0.210 e. The van der Waals surface area contributed by atoms with Gasteiger partial charge in [0.05, 0.1) is 0 Å². The molecule has 4 heteroatoms. The van der Waals surface area contributed by atoms with E-state index in [-0.39, 0.29) is 0 Å². The van der Waals surface area contributed by atoms with Gasteiger partial charge in [-0.1, -0.05) is 12.1 Å². The Morgan fingerprint density at radius 2 is 2.00 bits per heavy atom. The van der Waals surface area contributed by atoms with Gasteiger partial charge >= 0.3 is 0 Å². The van der Waals surface area contributed by atoms with Crippen LogP contribution < -0.4 is 0 Å². The minimum Gasteiger partial charge on any atom is -0.210 e. The summed E-state index contributed by atoms with van der Waals surface area (Å²) in [5, 5.41) is 0.998. The summed E-state index contributed by atoms with van der Waals surface area (Å²) in [5.74, 6) is 0. The van der Waals surface area contributed by atoms with Crippen molar-refractivity contribution in [3.8, 4) is 10.6 Å². The highest BCUT2D eigenvalue weighted by Gasteiger charge is 2.04. The molecule has 0 N–H and O–H groups in total. The Morgan fingerprint density at radius 3 is 2.57 bits per heavy atom. The molecule has 0 unspecified atom stereocenters. The zero-order valence-corrected chi connectivity index (χ0v) is 10.9. The Hall–Kier alpha value is -0.490. The molecule has 0 radical (unpaired) electrons. The van der Waals surface area contributed by atoms with E-state index in [2.05, 4.69) is 64.0 Å². The molecule has 0 aliphatic heterocycles. The number of hydrogen-bond donors (Lipinski definition) is 0. The van der Waals surface area contributed by atoms with Gasteiger partial charge in [0.25, 0.3) is 0 Å². The van der Waals surface area contributed by atoms with Crippen LogP contribution >= 0.6 is 34.1 Å². The highest BCUT2D eigenvalue weighted by Crippen LogP contribution is 2.23. The van der Waals surface area contributed by atoms with Crippen molar-refractivity contribution >= 4 is 34.1 Å². The van der Waals surface area contributed by atoms with Gasteiger partial charge in [0.15, 0.2) is 0 Å². The van der Waals surface area contributed by atoms with E-state index in [1.807, 2.05) is 0 Å². The van der Waals surface area contributed by atoms with Crippen molar-refractivity contribution < 1.29 is 0 Å². The van der Waals surface area contributed by atoms with Crippen molar-refractivity contribution in [1.29, 1.82) is 0 Å². The second-order valence-corrected chi connectivity index (χ2v) is 4.88. The Kier molecular flexibility index (Phi) is 2.83. The quantitative estimate of drug-likeness (QED) is 0.753. The van der Waals surface area contributed by atoms with Crippen molar-refractivity contribution in [3.63, 3.8) is 0 Å². The fraction of sp³-hybridized carbons (Fsp3) is 0.200. The topological polar surface area (TPSA) is 25.8 Å².